The van der Waals surface area contributed by atoms with Crippen LogP contribution in [-0.4, -0.2) is 46.1 Å². The zero-order chi connectivity index (χ0) is 16.5. The number of carbonyl (C=O) groups excluding carboxylic acids is 1. The number of rotatable bonds is 5. The molecule has 1 aromatic rings. The highest BCUT2D eigenvalue weighted by atomic mass is 32.1. The second-order valence-corrected chi connectivity index (χ2v) is 8.56. The predicted octanol–water partition coefficient (Wildman–Crippen LogP) is 2.73. The van der Waals surface area contributed by atoms with Crippen LogP contribution in [0.3, 0.4) is 0 Å². The molecule has 1 aliphatic heterocycles. The number of carbonyl (C=O) groups is 1. The molecular formula is C18H28N4OS. The summed E-state index contributed by atoms with van der Waals surface area (Å²) in [4.78, 5) is 15.8. The van der Waals surface area contributed by atoms with Crippen molar-refractivity contribution in [3.63, 3.8) is 0 Å². The van der Waals surface area contributed by atoms with E-state index in [-0.39, 0.29) is 5.91 Å². The first-order chi connectivity index (χ1) is 11.8. The van der Waals surface area contributed by atoms with Gasteiger partial charge in [-0.2, -0.15) is 0 Å². The molecular weight excluding hydrogens is 320 g/mol. The van der Waals surface area contributed by atoms with Crippen LogP contribution in [0.2, 0.25) is 0 Å². The average Bonchev–Trinajstić information content (AvgIpc) is 2.93. The molecule has 4 rings (SSSR count). The lowest BCUT2D eigenvalue weighted by Gasteiger charge is -2.25. The van der Waals surface area contributed by atoms with E-state index in [9.17, 15) is 4.79 Å². The van der Waals surface area contributed by atoms with E-state index in [2.05, 4.69) is 19.8 Å². The Morgan fingerprint density at radius 2 is 1.92 bits per heavy atom. The number of aromatic nitrogens is 2. The number of hydrogen-bond donors (Lipinski definition) is 1. The van der Waals surface area contributed by atoms with Gasteiger partial charge in [-0.05, 0) is 48.5 Å². The summed E-state index contributed by atoms with van der Waals surface area (Å²) >= 11 is 1.22. The molecule has 1 amide bonds. The lowest BCUT2D eigenvalue weighted by molar-refractivity contribution is 0.0945. The van der Waals surface area contributed by atoms with Gasteiger partial charge in [0.25, 0.3) is 5.91 Å². The van der Waals surface area contributed by atoms with Crippen molar-refractivity contribution >= 4 is 17.4 Å². The SMILES string of the molecule is CCc1nnsc1C(=O)NC1[C@H]2CN(CC3CCCCCC3)C[C@@H]12. The van der Waals surface area contributed by atoms with Crippen LogP contribution in [0.1, 0.15) is 60.8 Å². The standard InChI is InChI=1S/C18H28N4OS/c1-2-15-17(24-21-20-15)18(23)19-16-13-10-22(11-14(13)16)9-12-7-5-3-4-6-8-12/h12-14,16H,2-11H2,1H3,(H,19,23)/t13-,14+,16?. The first-order valence-electron chi connectivity index (χ1n) is 9.60. The number of fused-ring (bicyclic) bond motifs is 1. The Morgan fingerprint density at radius 1 is 1.21 bits per heavy atom. The molecule has 6 heteroatoms. The van der Waals surface area contributed by atoms with Gasteiger partial charge in [-0.3, -0.25) is 4.79 Å². The van der Waals surface area contributed by atoms with E-state index in [1.165, 1.54) is 69.7 Å². The van der Waals surface area contributed by atoms with Crippen LogP contribution in [0, 0.1) is 17.8 Å². The van der Waals surface area contributed by atoms with Crippen molar-refractivity contribution in [3.05, 3.63) is 10.6 Å². The third kappa shape index (κ3) is 3.36. The molecule has 0 aromatic carbocycles. The average molecular weight is 349 g/mol. The largest absolute Gasteiger partial charge is 0.348 e. The quantitative estimate of drug-likeness (QED) is 0.831. The molecule has 5 nitrogen and oxygen atoms in total. The summed E-state index contributed by atoms with van der Waals surface area (Å²) in [6, 6.07) is 0.384. The minimum atomic E-state index is 0.0385. The van der Waals surface area contributed by atoms with Crippen molar-refractivity contribution in [1.82, 2.24) is 19.8 Å². The van der Waals surface area contributed by atoms with Crippen LogP contribution >= 0.6 is 11.5 Å². The van der Waals surface area contributed by atoms with E-state index in [0.717, 1.165) is 18.0 Å². The van der Waals surface area contributed by atoms with E-state index in [4.69, 9.17) is 0 Å². The summed E-state index contributed by atoms with van der Waals surface area (Å²) in [6.07, 6.45) is 9.32. The van der Waals surface area contributed by atoms with Crippen LogP contribution < -0.4 is 5.32 Å². The Morgan fingerprint density at radius 3 is 2.58 bits per heavy atom. The molecule has 2 saturated carbocycles. The summed E-state index contributed by atoms with van der Waals surface area (Å²) in [5.74, 6) is 2.29. The third-order valence-corrected chi connectivity index (χ3v) is 6.92. The molecule has 0 radical (unpaired) electrons. The van der Waals surface area contributed by atoms with Crippen LogP contribution in [0.15, 0.2) is 0 Å². The highest BCUT2D eigenvalue weighted by molar-refractivity contribution is 7.08. The van der Waals surface area contributed by atoms with Gasteiger partial charge in [0.2, 0.25) is 0 Å². The van der Waals surface area contributed by atoms with E-state index in [1.54, 1.807) is 0 Å². The van der Waals surface area contributed by atoms with Crippen molar-refractivity contribution in [2.75, 3.05) is 19.6 Å². The summed E-state index contributed by atoms with van der Waals surface area (Å²) in [7, 11) is 0. The number of likely N-dealkylation sites (tertiary alicyclic amines) is 1. The third-order valence-electron chi connectivity index (χ3n) is 6.16. The summed E-state index contributed by atoms with van der Waals surface area (Å²) in [5.41, 5.74) is 0.832. The monoisotopic (exact) mass is 348 g/mol. The van der Waals surface area contributed by atoms with E-state index in [1.807, 2.05) is 6.92 Å². The van der Waals surface area contributed by atoms with Gasteiger partial charge in [0.1, 0.15) is 4.88 Å². The van der Waals surface area contributed by atoms with Gasteiger partial charge >= 0.3 is 0 Å². The first-order valence-corrected chi connectivity index (χ1v) is 10.4. The Balaban J connectivity index is 1.24. The lowest BCUT2D eigenvalue weighted by atomic mass is 10.00. The molecule has 24 heavy (non-hydrogen) atoms. The zero-order valence-corrected chi connectivity index (χ0v) is 15.4. The van der Waals surface area contributed by atoms with Crippen molar-refractivity contribution in [3.8, 4) is 0 Å². The smallest absolute Gasteiger partial charge is 0.265 e. The fourth-order valence-corrected chi connectivity index (χ4v) is 5.37. The summed E-state index contributed by atoms with van der Waals surface area (Å²) in [5, 5.41) is 7.27. The van der Waals surface area contributed by atoms with Crippen molar-refractivity contribution in [2.45, 2.75) is 57.9 Å². The normalized spacial score (nSPS) is 30.8. The Bertz CT molecular complexity index is 569. The molecule has 1 unspecified atom stereocenters. The fourth-order valence-electron chi connectivity index (χ4n) is 4.72. The number of nitrogens with zero attached hydrogens (tertiary/aromatic N) is 3. The highest BCUT2D eigenvalue weighted by Crippen LogP contribution is 2.46. The molecule has 2 aliphatic carbocycles. The molecule has 0 spiro atoms. The van der Waals surface area contributed by atoms with E-state index < -0.39 is 0 Å². The molecule has 1 saturated heterocycles. The van der Waals surface area contributed by atoms with E-state index in [0.29, 0.717) is 22.8 Å². The molecule has 1 aromatic heterocycles. The minimum Gasteiger partial charge on any atom is -0.348 e. The van der Waals surface area contributed by atoms with Crippen LogP contribution in [0.5, 0.6) is 0 Å². The molecule has 132 valence electrons. The first kappa shape index (κ1) is 16.5. The van der Waals surface area contributed by atoms with Crippen LogP contribution in [-0.2, 0) is 6.42 Å². The Labute approximate surface area is 148 Å². The Hall–Kier alpha value is -1.01. The fraction of sp³-hybridized carbons (Fsp3) is 0.833. The molecule has 3 fully saturated rings. The second-order valence-electron chi connectivity index (χ2n) is 7.81. The summed E-state index contributed by atoms with van der Waals surface area (Å²) < 4.78 is 3.92. The zero-order valence-electron chi connectivity index (χ0n) is 14.5. The highest BCUT2D eigenvalue weighted by Gasteiger charge is 2.56. The minimum absolute atomic E-state index is 0.0385. The maximum Gasteiger partial charge on any atom is 0.265 e. The van der Waals surface area contributed by atoms with Crippen molar-refractivity contribution in [2.24, 2.45) is 17.8 Å². The lowest BCUT2D eigenvalue weighted by Crippen LogP contribution is -2.36. The number of piperidine rings is 1. The Kier molecular flexibility index (Phi) is 4.86. The molecule has 3 atom stereocenters. The maximum absolute atomic E-state index is 12.4. The maximum atomic E-state index is 12.4. The molecule has 1 N–H and O–H groups in total. The molecule has 0 bridgehead atoms. The number of nitrogens with one attached hydrogen (secondary N) is 1. The topological polar surface area (TPSA) is 58.1 Å². The van der Waals surface area contributed by atoms with Gasteiger partial charge in [-0.1, -0.05) is 37.1 Å². The van der Waals surface area contributed by atoms with Crippen molar-refractivity contribution in [1.29, 1.82) is 0 Å². The van der Waals surface area contributed by atoms with Gasteiger partial charge in [-0.15, -0.1) is 5.10 Å². The van der Waals surface area contributed by atoms with Crippen LogP contribution in [0.25, 0.3) is 0 Å². The number of hydrogen-bond acceptors (Lipinski definition) is 5. The van der Waals surface area contributed by atoms with Gasteiger partial charge < -0.3 is 10.2 Å². The van der Waals surface area contributed by atoms with Gasteiger partial charge in [0.15, 0.2) is 0 Å². The van der Waals surface area contributed by atoms with Gasteiger partial charge in [0, 0.05) is 25.7 Å². The second kappa shape index (κ2) is 7.08. The van der Waals surface area contributed by atoms with Crippen molar-refractivity contribution < 1.29 is 4.79 Å². The van der Waals surface area contributed by atoms with E-state index >= 15 is 0 Å². The van der Waals surface area contributed by atoms with Gasteiger partial charge in [-0.25, -0.2) is 0 Å². The predicted molar refractivity (Wildman–Crippen MR) is 95.2 cm³/mol. The van der Waals surface area contributed by atoms with Gasteiger partial charge in [0.05, 0.1) is 5.69 Å². The molecule has 3 aliphatic rings. The van der Waals surface area contributed by atoms with Crippen LogP contribution in [0.4, 0.5) is 0 Å². The molecule has 2 heterocycles. The number of amides is 1. The number of aryl methyl sites for hydroxylation is 1. The summed E-state index contributed by atoms with van der Waals surface area (Å²) in [6.45, 7) is 5.65.